The lowest BCUT2D eigenvalue weighted by molar-refractivity contribution is -0.190. The maximum Gasteiger partial charge on any atom is 0.315 e. The summed E-state index contributed by atoms with van der Waals surface area (Å²) in [6, 6.07) is -2.39. The number of aliphatic hydroxyl groups excluding tert-OH is 1. The van der Waals surface area contributed by atoms with Crippen LogP contribution in [-0.4, -0.2) is 40.7 Å². The van der Waals surface area contributed by atoms with E-state index >= 15 is 0 Å². The minimum atomic E-state index is -3.01. The number of halogens is 2. The number of urea groups is 1. The molecule has 70 valence electrons. The molecule has 0 spiro atoms. The number of likely N-dealkylation sites (tertiary alicyclic amines) is 1. The number of rotatable bonds is 1. The van der Waals surface area contributed by atoms with Crippen molar-refractivity contribution in [2.24, 2.45) is 5.73 Å². The van der Waals surface area contributed by atoms with E-state index in [0.29, 0.717) is 0 Å². The monoisotopic (exact) mass is 180 g/mol. The van der Waals surface area contributed by atoms with Crippen molar-refractivity contribution in [2.75, 3.05) is 6.54 Å². The number of hydrogen-bond donors (Lipinski definition) is 2. The summed E-state index contributed by atoms with van der Waals surface area (Å²) in [7, 11) is 0. The highest BCUT2D eigenvalue weighted by Gasteiger charge is 2.58. The molecule has 1 unspecified atom stereocenters. The molecule has 0 aromatic heterocycles. The zero-order valence-corrected chi connectivity index (χ0v) is 6.50. The topological polar surface area (TPSA) is 66.6 Å². The van der Waals surface area contributed by atoms with Gasteiger partial charge < -0.3 is 15.7 Å². The van der Waals surface area contributed by atoms with E-state index in [4.69, 9.17) is 10.8 Å². The van der Waals surface area contributed by atoms with Gasteiger partial charge >= 0.3 is 6.03 Å². The number of nitrogens with zero attached hydrogens (tertiary/aromatic N) is 1. The fourth-order valence-electron chi connectivity index (χ4n) is 1.36. The Morgan fingerprint density at radius 3 is 2.50 bits per heavy atom. The fourth-order valence-corrected chi connectivity index (χ4v) is 1.36. The van der Waals surface area contributed by atoms with Crippen LogP contribution in [0.15, 0.2) is 0 Å². The summed E-state index contributed by atoms with van der Waals surface area (Å²) in [6.45, 7) is 0.506. The van der Waals surface area contributed by atoms with Crippen LogP contribution < -0.4 is 5.73 Å². The molecule has 12 heavy (non-hydrogen) atoms. The normalized spacial score (nSPS) is 29.3. The molecule has 3 N–H and O–H groups in total. The van der Waals surface area contributed by atoms with Gasteiger partial charge in [-0.05, 0) is 6.92 Å². The van der Waals surface area contributed by atoms with E-state index in [1.54, 1.807) is 0 Å². The number of nitrogens with two attached hydrogens (primary N) is 1. The lowest BCUT2D eigenvalue weighted by atomic mass is 9.94. The Labute approximate surface area is 67.9 Å². The molecule has 1 saturated heterocycles. The fraction of sp³-hybridized carbons (Fsp3) is 0.833. The molecule has 0 saturated carbocycles. The first-order valence-electron chi connectivity index (χ1n) is 3.48. The smallest absolute Gasteiger partial charge is 0.315 e. The predicted molar refractivity (Wildman–Crippen MR) is 36.7 cm³/mol. The molecule has 0 bridgehead atoms. The Hall–Kier alpha value is -0.910. The van der Waals surface area contributed by atoms with Crippen LogP contribution in [0.5, 0.6) is 0 Å². The molecule has 2 amide bonds. The molecule has 0 aliphatic carbocycles. The summed E-state index contributed by atoms with van der Waals surface area (Å²) in [5, 5.41) is 8.90. The summed E-state index contributed by atoms with van der Waals surface area (Å²) in [4.78, 5) is 11.2. The maximum absolute atomic E-state index is 12.7. The van der Waals surface area contributed by atoms with Crippen LogP contribution in [0, 0.1) is 0 Å². The average Bonchev–Trinajstić information content (AvgIpc) is 1.81. The SMILES string of the molecule is C[C@@H](O)C1N(C(N)=O)CC1(F)F. The first-order chi connectivity index (χ1) is 5.36. The number of aliphatic hydroxyl groups is 1. The van der Waals surface area contributed by atoms with Crippen molar-refractivity contribution in [1.29, 1.82) is 0 Å². The Bertz CT molecular complexity index is 208. The van der Waals surface area contributed by atoms with E-state index in [9.17, 15) is 13.6 Å². The molecule has 4 nitrogen and oxygen atoms in total. The molecule has 1 aliphatic heterocycles. The minimum absolute atomic E-state index is 0.697. The Balaban J connectivity index is 2.70. The van der Waals surface area contributed by atoms with Gasteiger partial charge in [-0.3, -0.25) is 0 Å². The summed E-state index contributed by atoms with van der Waals surface area (Å²) in [5.74, 6) is -3.01. The van der Waals surface area contributed by atoms with Crippen LogP contribution in [-0.2, 0) is 0 Å². The standard InChI is InChI=1S/C6H10F2N2O2/c1-3(11)4-6(7,8)2-10(4)5(9)12/h3-4,11H,2H2,1H3,(H2,9,12)/t3-,4?/m1/s1. The van der Waals surface area contributed by atoms with Crippen molar-refractivity contribution in [3.8, 4) is 0 Å². The van der Waals surface area contributed by atoms with Crippen molar-refractivity contribution >= 4 is 6.03 Å². The second-order valence-corrected chi connectivity index (χ2v) is 2.91. The third-order valence-electron chi connectivity index (χ3n) is 1.89. The summed E-state index contributed by atoms with van der Waals surface area (Å²) in [5.41, 5.74) is 4.79. The zero-order valence-electron chi connectivity index (χ0n) is 6.50. The maximum atomic E-state index is 12.7. The Kier molecular flexibility index (Phi) is 1.95. The molecule has 1 aliphatic rings. The summed E-state index contributed by atoms with van der Waals surface area (Å²) < 4.78 is 25.3. The largest absolute Gasteiger partial charge is 0.391 e. The van der Waals surface area contributed by atoms with E-state index < -0.39 is 30.6 Å². The summed E-state index contributed by atoms with van der Waals surface area (Å²) >= 11 is 0. The second-order valence-electron chi connectivity index (χ2n) is 2.91. The number of carbonyl (C=O) groups is 1. The molecule has 2 atom stereocenters. The van der Waals surface area contributed by atoms with Crippen LogP contribution in [0.2, 0.25) is 0 Å². The van der Waals surface area contributed by atoms with Crippen LogP contribution in [0.1, 0.15) is 6.92 Å². The number of amides is 2. The van der Waals surface area contributed by atoms with Gasteiger partial charge in [0.15, 0.2) is 0 Å². The minimum Gasteiger partial charge on any atom is -0.391 e. The van der Waals surface area contributed by atoms with Crippen molar-refractivity contribution < 1.29 is 18.7 Å². The number of carbonyl (C=O) groups excluding carboxylic acids is 1. The predicted octanol–water partition coefficient (Wildman–Crippen LogP) is -0.235. The van der Waals surface area contributed by atoms with Gasteiger partial charge in [0.05, 0.1) is 12.6 Å². The van der Waals surface area contributed by atoms with Crippen molar-refractivity contribution in [3.05, 3.63) is 0 Å². The molecule has 0 aromatic carbocycles. The van der Waals surface area contributed by atoms with Gasteiger partial charge in [-0.25, -0.2) is 13.6 Å². The molecular weight excluding hydrogens is 170 g/mol. The molecule has 0 aromatic rings. The molecule has 1 fully saturated rings. The first-order valence-corrected chi connectivity index (χ1v) is 3.48. The lowest BCUT2D eigenvalue weighted by Gasteiger charge is -2.47. The van der Waals surface area contributed by atoms with Gasteiger partial charge in [0.25, 0.3) is 5.92 Å². The zero-order chi connectivity index (χ0) is 9.52. The third-order valence-corrected chi connectivity index (χ3v) is 1.89. The van der Waals surface area contributed by atoms with Crippen LogP contribution in [0.25, 0.3) is 0 Å². The van der Waals surface area contributed by atoms with E-state index in [1.165, 1.54) is 6.92 Å². The van der Waals surface area contributed by atoms with Gasteiger partial charge in [0, 0.05) is 0 Å². The van der Waals surface area contributed by atoms with Crippen molar-refractivity contribution in [2.45, 2.75) is 25.0 Å². The highest BCUT2D eigenvalue weighted by atomic mass is 19.3. The van der Waals surface area contributed by atoms with Gasteiger partial charge in [-0.15, -0.1) is 0 Å². The van der Waals surface area contributed by atoms with Gasteiger partial charge in [0.1, 0.15) is 6.04 Å². The Morgan fingerprint density at radius 1 is 1.83 bits per heavy atom. The van der Waals surface area contributed by atoms with Gasteiger partial charge in [-0.2, -0.15) is 0 Å². The number of hydrogen-bond acceptors (Lipinski definition) is 2. The van der Waals surface area contributed by atoms with E-state index in [1.807, 2.05) is 0 Å². The molecule has 0 radical (unpaired) electrons. The third kappa shape index (κ3) is 1.22. The first kappa shape index (κ1) is 9.18. The van der Waals surface area contributed by atoms with Gasteiger partial charge in [-0.1, -0.05) is 0 Å². The highest BCUT2D eigenvalue weighted by Crippen LogP contribution is 2.36. The van der Waals surface area contributed by atoms with Crippen molar-refractivity contribution in [1.82, 2.24) is 4.90 Å². The molecular formula is C6H10F2N2O2. The Morgan fingerprint density at radius 2 is 2.33 bits per heavy atom. The highest BCUT2D eigenvalue weighted by molar-refractivity contribution is 5.74. The van der Waals surface area contributed by atoms with E-state index in [0.717, 1.165) is 4.90 Å². The van der Waals surface area contributed by atoms with Crippen LogP contribution in [0.3, 0.4) is 0 Å². The number of primary amides is 1. The van der Waals surface area contributed by atoms with Crippen LogP contribution in [0.4, 0.5) is 13.6 Å². The van der Waals surface area contributed by atoms with Crippen molar-refractivity contribution in [3.63, 3.8) is 0 Å². The quantitative estimate of drug-likeness (QED) is 0.585. The average molecular weight is 180 g/mol. The molecule has 1 rings (SSSR count). The molecule has 6 heteroatoms. The van der Waals surface area contributed by atoms with E-state index in [-0.39, 0.29) is 0 Å². The van der Waals surface area contributed by atoms with Gasteiger partial charge in [0.2, 0.25) is 0 Å². The molecule has 1 heterocycles. The lowest BCUT2D eigenvalue weighted by Crippen LogP contribution is -2.71. The number of alkyl halides is 2. The second kappa shape index (κ2) is 2.55. The van der Waals surface area contributed by atoms with E-state index in [2.05, 4.69) is 0 Å². The summed E-state index contributed by atoms with van der Waals surface area (Å²) in [6.07, 6.45) is -1.26. The van der Waals surface area contributed by atoms with Crippen LogP contribution >= 0.6 is 0 Å².